The van der Waals surface area contributed by atoms with Crippen LogP contribution in [0.4, 0.5) is 0 Å². The molecule has 0 aliphatic heterocycles. The molecule has 5 nitrogen and oxygen atoms in total. The van der Waals surface area contributed by atoms with E-state index < -0.39 is 6.10 Å². The van der Waals surface area contributed by atoms with E-state index in [-0.39, 0.29) is 25.2 Å². The van der Waals surface area contributed by atoms with Crippen LogP contribution in [0.2, 0.25) is 0 Å². The van der Waals surface area contributed by atoms with Gasteiger partial charge in [-0.25, -0.2) is 0 Å². The second-order valence-electron chi connectivity index (χ2n) is 16.2. The largest absolute Gasteiger partial charge is 0.462 e. The van der Waals surface area contributed by atoms with Crippen LogP contribution in [0.1, 0.15) is 258 Å². The maximum absolute atomic E-state index is 12.2. The Balaban J connectivity index is 3.45. The van der Waals surface area contributed by atoms with Gasteiger partial charge in [-0.15, -0.1) is 0 Å². The highest BCUT2D eigenvalue weighted by molar-refractivity contribution is 5.70. The van der Waals surface area contributed by atoms with Gasteiger partial charge in [0.25, 0.3) is 0 Å². The normalized spacial score (nSPS) is 12.3. The highest BCUT2D eigenvalue weighted by Gasteiger charge is 2.16. The molecule has 0 rings (SSSR count). The van der Waals surface area contributed by atoms with Crippen molar-refractivity contribution in [3.8, 4) is 0 Å². The molecule has 1 atom stereocenters. The standard InChI is InChI=1S/C49H92O5/c1-3-5-7-9-11-13-15-17-19-20-21-22-23-24-25-26-27-28-30-31-33-35-37-39-41-43-48(51)53-46-47(45-50)54-49(52)44-42-40-38-36-34-32-29-18-16-14-12-10-8-6-4-2/h12,14,18,29,47,50H,3-11,13,15-17,19-28,30-46H2,1-2H3/b14-12-,29-18-. The van der Waals surface area contributed by atoms with Crippen LogP contribution in [0.15, 0.2) is 24.3 Å². The van der Waals surface area contributed by atoms with Gasteiger partial charge in [0.1, 0.15) is 6.61 Å². The van der Waals surface area contributed by atoms with E-state index in [4.69, 9.17) is 9.47 Å². The summed E-state index contributed by atoms with van der Waals surface area (Å²) in [6, 6.07) is 0. The number of hydrogen-bond acceptors (Lipinski definition) is 5. The average molecular weight is 761 g/mol. The molecule has 0 heterocycles. The summed E-state index contributed by atoms with van der Waals surface area (Å²) in [7, 11) is 0. The van der Waals surface area contributed by atoms with E-state index in [1.165, 1.54) is 180 Å². The van der Waals surface area contributed by atoms with E-state index in [2.05, 4.69) is 38.2 Å². The van der Waals surface area contributed by atoms with Gasteiger partial charge in [0.15, 0.2) is 6.10 Å². The van der Waals surface area contributed by atoms with Crippen molar-refractivity contribution < 1.29 is 24.2 Å². The van der Waals surface area contributed by atoms with Crippen molar-refractivity contribution >= 4 is 11.9 Å². The van der Waals surface area contributed by atoms with E-state index in [1.54, 1.807) is 0 Å². The number of unbranched alkanes of at least 4 members (excludes halogenated alkanes) is 32. The lowest BCUT2D eigenvalue weighted by Gasteiger charge is -2.15. The van der Waals surface area contributed by atoms with Crippen molar-refractivity contribution in [3.05, 3.63) is 24.3 Å². The third kappa shape index (κ3) is 43.1. The molecule has 5 heteroatoms. The summed E-state index contributed by atoms with van der Waals surface area (Å²) < 4.78 is 10.6. The minimum atomic E-state index is -0.775. The molecule has 0 saturated heterocycles. The number of hydrogen-bond donors (Lipinski definition) is 1. The molecule has 0 amide bonds. The SMILES string of the molecule is CCCCC/C=C\C/C=C\CCCCCCCC(=O)OC(CO)COC(=O)CCCCCCCCCCCCCCCCCCCCCCCCCCC. The van der Waals surface area contributed by atoms with Crippen LogP contribution < -0.4 is 0 Å². The molecule has 0 aromatic rings. The van der Waals surface area contributed by atoms with Gasteiger partial charge in [0.2, 0.25) is 0 Å². The summed E-state index contributed by atoms with van der Waals surface area (Å²) in [4.78, 5) is 24.4. The summed E-state index contributed by atoms with van der Waals surface area (Å²) in [5, 5.41) is 9.59. The van der Waals surface area contributed by atoms with E-state index in [0.717, 1.165) is 51.4 Å². The maximum atomic E-state index is 12.2. The topological polar surface area (TPSA) is 72.8 Å². The highest BCUT2D eigenvalue weighted by Crippen LogP contribution is 2.16. The fourth-order valence-corrected chi connectivity index (χ4v) is 7.12. The molecule has 0 bridgehead atoms. The van der Waals surface area contributed by atoms with Crippen molar-refractivity contribution in [3.63, 3.8) is 0 Å². The van der Waals surface area contributed by atoms with Gasteiger partial charge in [-0.2, -0.15) is 0 Å². The van der Waals surface area contributed by atoms with Crippen molar-refractivity contribution in [2.75, 3.05) is 13.2 Å². The Bertz CT molecular complexity index is 821. The molecule has 1 unspecified atom stereocenters. The second-order valence-corrected chi connectivity index (χ2v) is 16.2. The van der Waals surface area contributed by atoms with Crippen molar-refractivity contribution in [2.24, 2.45) is 0 Å². The van der Waals surface area contributed by atoms with E-state index in [9.17, 15) is 14.7 Å². The predicted molar refractivity (Wildman–Crippen MR) is 233 cm³/mol. The number of ether oxygens (including phenoxy) is 2. The van der Waals surface area contributed by atoms with E-state index >= 15 is 0 Å². The first-order valence-corrected chi connectivity index (χ1v) is 23.9. The van der Waals surface area contributed by atoms with Gasteiger partial charge in [-0.1, -0.05) is 224 Å². The fraction of sp³-hybridized carbons (Fsp3) is 0.878. The van der Waals surface area contributed by atoms with Crippen LogP contribution in [-0.4, -0.2) is 36.4 Å². The number of allylic oxidation sites excluding steroid dienone is 4. The van der Waals surface area contributed by atoms with Gasteiger partial charge in [-0.3, -0.25) is 9.59 Å². The Kier molecular flexibility index (Phi) is 44.4. The van der Waals surface area contributed by atoms with Gasteiger partial charge >= 0.3 is 11.9 Å². The van der Waals surface area contributed by atoms with Crippen LogP contribution in [0.3, 0.4) is 0 Å². The Hall–Kier alpha value is -1.62. The lowest BCUT2D eigenvalue weighted by molar-refractivity contribution is -0.161. The zero-order chi connectivity index (χ0) is 39.3. The average Bonchev–Trinajstić information content (AvgIpc) is 3.17. The van der Waals surface area contributed by atoms with Crippen molar-refractivity contribution in [2.45, 2.75) is 264 Å². The monoisotopic (exact) mass is 761 g/mol. The highest BCUT2D eigenvalue weighted by atomic mass is 16.6. The molecule has 0 spiro atoms. The first kappa shape index (κ1) is 52.4. The van der Waals surface area contributed by atoms with Crippen LogP contribution in [0.5, 0.6) is 0 Å². The van der Waals surface area contributed by atoms with Crippen LogP contribution in [0, 0.1) is 0 Å². The van der Waals surface area contributed by atoms with Gasteiger partial charge in [0, 0.05) is 12.8 Å². The Morgan fingerprint density at radius 1 is 0.426 bits per heavy atom. The Morgan fingerprint density at radius 3 is 1.13 bits per heavy atom. The molecular weight excluding hydrogens is 669 g/mol. The zero-order valence-corrected chi connectivity index (χ0v) is 36.3. The molecule has 0 aliphatic carbocycles. The van der Waals surface area contributed by atoms with Crippen molar-refractivity contribution in [1.29, 1.82) is 0 Å². The number of esters is 2. The van der Waals surface area contributed by atoms with E-state index in [0.29, 0.717) is 12.8 Å². The smallest absolute Gasteiger partial charge is 0.306 e. The predicted octanol–water partition coefficient (Wildman–Crippen LogP) is 15.4. The lowest BCUT2D eigenvalue weighted by Crippen LogP contribution is -2.28. The van der Waals surface area contributed by atoms with Gasteiger partial charge in [-0.05, 0) is 44.9 Å². The molecule has 54 heavy (non-hydrogen) atoms. The number of carbonyl (C=O) groups is 2. The second kappa shape index (κ2) is 45.8. The molecular formula is C49H92O5. The summed E-state index contributed by atoms with van der Waals surface area (Å²) in [6.07, 6.45) is 55.5. The third-order valence-corrected chi connectivity index (χ3v) is 10.7. The van der Waals surface area contributed by atoms with Crippen LogP contribution >= 0.6 is 0 Å². The first-order chi connectivity index (χ1) is 26.6. The minimum Gasteiger partial charge on any atom is -0.462 e. The zero-order valence-electron chi connectivity index (χ0n) is 36.3. The summed E-state index contributed by atoms with van der Waals surface area (Å²) in [5.74, 6) is -0.594. The molecule has 0 aromatic carbocycles. The summed E-state index contributed by atoms with van der Waals surface area (Å²) >= 11 is 0. The summed E-state index contributed by atoms with van der Waals surface area (Å²) in [6.45, 7) is 4.13. The maximum Gasteiger partial charge on any atom is 0.306 e. The number of aliphatic hydroxyl groups is 1. The Morgan fingerprint density at radius 2 is 0.741 bits per heavy atom. The molecule has 1 N–H and O–H groups in total. The first-order valence-electron chi connectivity index (χ1n) is 23.9. The fourth-order valence-electron chi connectivity index (χ4n) is 7.12. The van der Waals surface area contributed by atoms with Gasteiger partial charge in [0.05, 0.1) is 6.61 Å². The Labute approximate surface area is 336 Å². The number of carbonyl (C=O) groups excluding carboxylic acids is 2. The van der Waals surface area contributed by atoms with Crippen molar-refractivity contribution in [1.82, 2.24) is 0 Å². The van der Waals surface area contributed by atoms with Gasteiger partial charge < -0.3 is 14.6 Å². The van der Waals surface area contributed by atoms with E-state index in [1.807, 2.05) is 0 Å². The quantitative estimate of drug-likeness (QED) is 0.0380. The minimum absolute atomic E-state index is 0.0668. The molecule has 318 valence electrons. The third-order valence-electron chi connectivity index (χ3n) is 10.7. The molecule has 0 saturated carbocycles. The summed E-state index contributed by atoms with van der Waals surface area (Å²) in [5.41, 5.74) is 0. The molecule has 0 aromatic heterocycles. The molecule has 0 fully saturated rings. The van der Waals surface area contributed by atoms with Crippen LogP contribution in [-0.2, 0) is 19.1 Å². The number of rotatable bonds is 44. The number of aliphatic hydroxyl groups excluding tert-OH is 1. The lowest BCUT2D eigenvalue weighted by atomic mass is 10.0. The molecule has 0 radical (unpaired) electrons. The van der Waals surface area contributed by atoms with Crippen LogP contribution in [0.25, 0.3) is 0 Å². The molecule has 0 aliphatic rings.